The molecule has 0 fully saturated rings. The van der Waals surface area contributed by atoms with Gasteiger partial charge in [-0.25, -0.2) is 0 Å². The van der Waals surface area contributed by atoms with Crippen LogP contribution in [0.4, 0.5) is 0 Å². The molecule has 0 amide bonds. The maximum absolute atomic E-state index is 12.6. The second-order valence-corrected chi connectivity index (χ2v) is 4.63. The number of ether oxygens (including phenoxy) is 1. The predicted molar refractivity (Wildman–Crippen MR) is 72.7 cm³/mol. The number of fused-ring (bicyclic) bond motifs is 2. The molecule has 21 heavy (non-hydrogen) atoms. The van der Waals surface area contributed by atoms with Crippen molar-refractivity contribution < 1.29 is 24.2 Å². The summed E-state index contributed by atoms with van der Waals surface area (Å²) in [4.78, 5) is 36.1. The molecule has 0 unspecified atom stereocenters. The van der Waals surface area contributed by atoms with Crippen molar-refractivity contribution in [2.75, 3.05) is 0 Å². The molecule has 1 N–H and O–H groups in total. The number of aromatic hydroxyl groups is 1. The molecule has 3 rings (SSSR count). The summed E-state index contributed by atoms with van der Waals surface area (Å²) in [7, 11) is 0. The van der Waals surface area contributed by atoms with Crippen LogP contribution in [-0.4, -0.2) is 22.6 Å². The minimum atomic E-state index is -0.609. The number of phenols is 1. The van der Waals surface area contributed by atoms with Crippen LogP contribution >= 0.6 is 0 Å². The molecule has 0 atom stereocenters. The summed E-state index contributed by atoms with van der Waals surface area (Å²) < 4.78 is 4.98. The van der Waals surface area contributed by atoms with Crippen LogP contribution in [0.15, 0.2) is 36.4 Å². The first-order valence-corrected chi connectivity index (χ1v) is 6.23. The van der Waals surface area contributed by atoms with Gasteiger partial charge >= 0.3 is 5.97 Å². The van der Waals surface area contributed by atoms with Crippen LogP contribution in [0.3, 0.4) is 0 Å². The van der Waals surface area contributed by atoms with E-state index in [-0.39, 0.29) is 33.8 Å². The molecule has 1 aliphatic carbocycles. The third-order valence-corrected chi connectivity index (χ3v) is 3.27. The SMILES string of the molecule is CC(=O)Oc1ccc(O)c2c1C(=O)c1ccccc1C2=O. The Morgan fingerprint density at radius 2 is 1.52 bits per heavy atom. The van der Waals surface area contributed by atoms with E-state index in [0.29, 0.717) is 0 Å². The van der Waals surface area contributed by atoms with E-state index in [2.05, 4.69) is 0 Å². The van der Waals surface area contributed by atoms with Crippen molar-refractivity contribution in [1.29, 1.82) is 0 Å². The predicted octanol–water partition coefficient (Wildman–Crippen LogP) is 2.09. The molecule has 0 radical (unpaired) electrons. The fourth-order valence-corrected chi connectivity index (χ4v) is 2.42. The third kappa shape index (κ3) is 1.90. The van der Waals surface area contributed by atoms with Crippen LogP contribution in [0.5, 0.6) is 11.5 Å². The first-order valence-electron chi connectivity index (χ1n) is 6.23. The zero-order valence-corrected chi connectivity index (χ0v) is 11.0. The first-order chi connectivity index (χ1) is 10.0. The van der Waals surface area contributed by atoms with E-state index in [0.717, 1.165) is 0 Å². The van der Waals surface area contributed by atoms with Gasteiger partial charge in [-0.2, -0.15) is 0 Å². The van der Waals surface area contributed by atoms with Gasteiger partial charge in [0, 0.05) is 18.1 Å². The standard InChI is InChI=1S/C16H10O5/c1-8(17)21-12-7-6-11(18)13-14(12)16(20)10-5-3-2-4-9(10)15(13)19/h2-7,18H,1H3. The van der Waals surface area contributed by atoms with Crippen LogP contribution < -0.4 is 4.74 Å². The van der Waals surface area contributed by atoms with Crippen LogP contribution in [0.25, 0.3) is 0 Å². The number of benzene rings is 2. The van der Waals surface area contributed by atoms with E-state index in [1.54, 1.807) is 12.1 Å². The van der Waals surface area contributed by atoms with Crippen LogP contribution in [-0.2, 0) is 4.79 Å². The van der Waals surface area contributed by atoms with Gasteiger partial charge in [0.1, 0.15) is 11.5 Å². The zero-order chi connectivity index (χ0) is 15.1. The zero-order valence-electron chi connectivity index (χ0n) is 11.0. The first kappa shape index (κ1) is 13.1. The lowest BCUT2D eigenvalue weighted by molar-refractivity contribution is -0.131. The summed E-state index contributed by atoms with van der Waals surface area (Å²) in [5, 5.41) is 9.92. The van der Waals surface area contributed by atoms with Crippen molar-refractivity contribution in [2.45, 2.75) is 6.92 Å². The van der Waals surface area contributed by atoms with Crippen molar-refractivity contribution in [3.05, 3.63) is 58.7 Å². The summed E-state index contributed by atoms with van der Waals surface area (Å²) in [5.41, 5.74) is 0.255. The van der Waals surface area contributed by atoms with Gasteiger partial charge in [0.05, 0.1) is 11.1 Å². The van der Waals surface area contributed by atoms with Crippen molar-refractivity contribution in [3.63, 3.8) is 0 Å². The summed E-state index contributed by atoms with van der Waals surface area (Å²) in [5.74, 6) is -1.86. The highest BCUT2D eigenvalue weighted by molar-refractivity contribution is 6.30. The molecule has 2 aromatic rings. The highest BCUT2D eigenvalue weighted by Gasteiger charge is 2.34. The Morgan fingerprint density at radius 3 is 2.10 bits per heavy atom. The van der Waals surface area contributed by atoms with Crippen LogP contribution in [0.2, 0.25) is 0 Å². The molecule has 0 bridgehead atoms. The van der Waals surface area contributed by atoms with Gasteiger partial charge in [0.15, 0.2) is 11.6 Å². The fraction of sp³-hybridized carbons (Fsp3) is 0.0625. The Bertz CT molecular complexity index is 804. The van der Waals surface area contributed by atoms with E-state index in [9.17, 15) is 19.5 Å². The maximum Gasteiger partial charge on any atom is 0.308 e. The second kappa shape index (κ2) is 4.56. The summed E-state index contributed by atoms with van der Waals surface area (Å²) >= 11 is 0. The Kier molecular flexibility index (Phi) is 2.83. The second-order valence-electron chi connectivity index (χ2n) is 4.63. The molecule has 0 aliphatic heterocycles. The quantitative estimate of drug-likeness (QED) is 0.546. The number of rotatable bonds is 1. The average molecular weight is 282 g/mol. The molecule has 0 aromatic heterocycles. The lowest BCUT2D eigenvalue weighted by Gasteiger charge is -2.20. The lowest BCUT2D eigenvalue weighted by Crippen LogP contribution is -2.22. The van der Waals surface area contributed by atoms with Gasteiger partial charge in [0.25, 0.3) is 0 Å². The van der Waals surface area contributed by atoms with Gasteiger partial charge in [-0.05, 0) is 12.1 Å². The largest absolute Gasteiger partial charge is 0.507 e. The molecule has 0 heterocycles. The lowest BCUT2D eigenvalue weighted by atomic mass is 9.83. The average Bonchev–Trinajstić information content (AvgIpc) is 2.46. The monoisotopic (exact) mass is 282 g/mol. The molecule has 5 nitrogen and oxygen atoms in total. The Labute approximate surface area is 119 Å². The number of ketones is 2. The molecular weight excluding hydrogens is 272 g/mol. The van der Waals surface area contributed by atoms with Crippen molar-refractivity contribution in [1.82, 2.24) is 0 Å². The number of phenolic OH excluding ortho intramolecular Hbond substituents is 1. The van der Waals surface area contributed by atoms with Crippen LogP contribution in [0, 0.1) is 0 Å². The highest BCUT2D eigenvalue weighted by Crippen LogP contribution is 2.37. The smallest absolute Gasteiger partial charge is 0.308 e. The Balaban J connectivity index is 2.31. The molecule has 0 spiro atoms. The molecule has 5 heteroatoms. The van der Waals surface area contributed by atoms with E-state index in [1.807, 2.05) is 0 Å². The van der Waals surface area contributed by atoms with E-state index < -0.39 is 17.5 Å². The molecule has 104 valence electrons. The molecule has 0 saturated carbocycles. The van der Waals surface area contributed by atoms with Gasteiger partial charge < -0.3 is 9.84 Å². The van der Waals surface area contributed by atoms with E-state index in [1.165, 1.54) is 31.2 Å². The normalized spacial score (nSPS) is 12.6. The molecule has 2 aromatic carbocycles. The highest BCUT2D eigenvalue weighted by atomic mass is 16.5. The van der Waals surface area contributed by atoms with Crippen molar-refractivity contribution in [3.8, 4) is 11.5 Å². The van der Waals surface area contributed by atoms with Crippen molar-refractivity contribution in [2.24, 2.45) is 0 Å². The fourth-order valence-electron chi connectivity index (χ4n) is 2.42. The number of esters is 1. The minimum absolute atomic E-state index is 0.0249. The summed E-state index contributed by atoms with van der Waals surface area (Å²) in [6.07, 6.45) is 0. The van der Waals surface area contributed by atoms with Gasteiger partial charge in [-0.1, -0.05) is 24.3 Å². The third-order valence-electron chi connectivity index (χ3n) is 3.27. The summed E-state index contributed by atoms with van der Waals surface area (Å²) in [6.45, 7) is 1.20. The van der Waals surface area contributed by atoms with E-state index in [4.69, 9.17) is 4.74 Å². The van der Waals surface area contributed by atoms with Crippen LogP contribution in [0.1, 0.15) is 38.8 Å². The van der Waals surface area contributed by atoms with Gasteiger partial charge in [0.2, 0.25) is 0 Å². The summed E-state index contributed by atoms with van der Waals surface area (Å²) in [6, 6.07) is 8.87. The van der Waals surface area contributed by atoms with Gasteiger partial charge in [-0.15, -0.1) is 0 Å². The van der Waals surface area contributed by atoms with Gasteiger partial charge in [-0.3, -0.25) is 14.4 Å². The molecular formula is C16H10O5. The molecule has 0 saturated heterocycles. The molecule has 1 aliphatic rings. The minimum Gasteiger partial charge on any atom is -0.507 e. The maximum atomic E-state index is 12.6. The topological polar surface area (TPSA) is 80.7 Å². The number of hydrogen-bond acceptors (Lipinski definition) is 5. The van der Waals surface area contributed by atoms with E-state index >= 15 is 0 Å². The Hall–Kier alpha value is -2.95. The number of hydrogen-bond donors (Lipinski definition) is 1. The number of carbonyl (C=O) groups excluding carboxylic acids is 3. The number of carbonyl (C=O) groups is 3. The Morgan fingerprint density at radius 1 is 0.952 bits per heavy atom. The van der Waals surface area contributed by atoms with Crippen molar-refractivity contribution >= 4 is 17.5 Å².